The van der Waals surface area contributed by atoms with Crippen LogP contribution in [0.15, 0.2) is 77.7 Å². The van der Waals surface area contributed by atoms with Crippen LogP contribution < -0.4 is 0 Å². The normalized spacial score (nSPS) is 12.4. The smallest absolute Gasteiger partial charge is 0.0532 e. The van der Waals surface area contributed by atoms with Gasteiger partial charge in [-0.1, -0.05) is 60.7 Å². The predicted octanol–water partition coefficient (Wildman–Crippen LogP) is 4.19. The largest absolute Gasteiger partial charge is 0.254 e. The second-order valence-electron chi connectivity index (χ2n) is 4.79. The summed E-state index contributed by atoms with van der Waals surface area (Å²) in [6, 6.07) is 24.5. The van der Waals surface area contributed by atoms with Gasteiger partial charge in [-0.3, -0.25) is 4.21 Å². The molecule has 0 aliphatic heterocycles. The van der Waals surface area contributed by atoms with E-state index >= 15 is 0 Å². The Kier molecular flexibility index (Phi) is 3.93. The molecule has 100 valence electrons. The molecule has 0 saturated heterocycles. The number of benzene rings is 3. The molecule has 0 radical (unpaired) electrons. The monoisotopic (exact) mass is 280 g/mol. The summed E-state index contributed by atoms with van der Waals surface area (Å²) in [7, 11) is -0.918. The molecular formula is C18H16OS. The van der Waals surface area contributed by atoms with Gasteiger partial charge in [0.1, 0.15) is 0 Å². The Labute approximate surface area is 121 Å². The third-order valence-corrected chi connectivity index (χ3v) is 4.77. The fraction of sp³-hybridized carbons (Fsp3) is 0.111. The zero-order valence-electron chi connectivity index (χ0n) is 11.2. The van der Waals surface area contributed by atoms with Gasteiger partial charge in [0.25, 0.3) is 0 Å². The quantitative estimate of drug-likeness (QED) is 0.700. The van der Waals surface area contributed by atoms with Gasteiger partial charge in [-0.2, -0.15) is 0 Å². The van der Waals surface area contributed by atoms with Gasteiger partial charge in [0.05, 0.1) is 10.8 Å². The van der Waals surface area contributed by atoms with Crippen LogP contribution in [-0.4, -0.2) is 9.96 Å². The highest BCUT2D eigenvalue weighted by Crippen LogP contribution is 2.16. The predicted molar refractivity (Wildman–Crippen MR) is 85.4 cm³/mol. The van der Waals surface area contributed by atoms with Crippen molar-refractivity contribution in [1.82, 2.24) is 0 Å². The Bertz CT molecular complexity index is 735. The maximum atomic E-state index is 12.2. The van der Waals surface area contributed by atoms with Gasteiger partial charge in [-0.25, -0.2) is 0 Å². The van der Waals surface area contributed by atoms with Crippen molar-refractivity contribution in [2.75, 3.05) is 5.75 Å². The van der Waals surface area contributed by atoms with Crippen LogP contribution in [0.3, 0.4) is 0 Å². The molecule has 0 N–H and O–H groups in total. The number of fused-ring (bicyclic) bond motifs is 1. The molecule has 3 rings (SSSR count). The highest BCUT2D eigenvalue weighted by atomic mass is 32.2. The van der Waals surface area contributed by atoms with E-state index in [1.54, 1.807) is 0 Å². The van der Waals surface area contributed by atoms with Gasteiger partial charge in [0.2, 0.25) is 0 Å². The standard InChI is InChI=1S/C18H16OS/c19-20(18-8-2-1-3-9-18)13-12-15-10-11-16-6-4-5-7-17(16)14-15/h1-11,14H,12-13H2. The first kappa shape index (κ1) is 13.1. The first-order valence-corrected chi connectivity index (χ1v) is 8.06. The van der Waals surface area contributed by atoms with Crippen LogP contribution in [0.25, 0.3) is 10.8 Å². The van der Waals surface area contributed by atoms with Crippen molar-refractivity contribution in [1.29, 1.82) is 0 Å². The highest BCUT2D eigenvalue weighted by Gasteiger charge is 2.04. The molecule has 20 heavy (non-hydrogen) atoms. The molecular weight excluding hydrogens is 264 g/mol. The van der Waals surface area contributed by atoms with Crippen molar-refractivity contribution in [2.45, 2.75) is 11.3 Å². The van der Waals surface area contributed by atoms with E-state index in [2.05, 4.69) is 30.3 Å². The van der Waals surface area contributed by atoms with Crippen molar-refractivity contribution in [3.8, 4) is 0 Å². The molecule has 0 saturated carbocycles. The lowest BCUT2D eigenvalue weighted by Crippen LogP contribution is -2.01. The Hall–Kier alpha value is -1.93. The minimum Gasteiger partial charge on any atom is -0.254 e. The third kappa shape index (κ3) is 2.97. The van der Waals surface area contributed by atoms with Gasteiger partial charge in [0, 0.05) is 10.6 Å². The maximum Gasteiger partial charge on any atom is 0.0532 e. The average Bonchev–Trinajstić information content (AvgIpc) is 2.53. The molecule has 0 heterocycles. The molecule has 1 nitrogen and oxygen atoms in total. The van der Waals surface area contributed by atoms with Gasteiger partial charge in [-0.05, 0) is 34.9 Å². The van der Waals surface area contributed by atoms with E-state index < -0.39 is 10.8 Å². The topological polar surface area (TPSA) is 17.1 Å². The summed E-state index contributed by atoms with van der Waals surface area (Å²) in [5, 5.41) is 2.50. The average molecular weight is 280 g/mol. The molecule has 0 aromatic heterocycles. The Morgan fingerprint density at radius 3 is 2.25 bits per heavy atom. The zero-order valence-corrected chi connectivity index (χ0v) is 12.0. The second-order valence-corrected chi connectivity index (χ2v) is 6.36. The summed E-state index contributed by atoms with van der Waals surface area (Å²) in [5.74, 6) is 0.669. The Balaban J connectivity index is 1.72. The minimum atomic E-state index is -0.918. The summed E-state index contributed by atoms with van der Waals surface area (Å²) in [6.07, 6.45) is 0.840. The lowest BCUT2D eigenvalue weighted by atomic mass is 10.1. The fourth-order valence-corrected chi connectivity index (χ4v) is 3.41. The number of hydrogen-bond acceptors (Lipinski definition) is 1. The van der Waals surface area contributed by atoms with Gasteiger partial charge in [-0.15, -0.1) is 0 Å². The van der Waals surface area contributed by atoms with E-state index in [-0.39, 0.29) is 0 Å². The second kappa shape index (κ2) is 6.02. The summed E-state index contributed by atoms with van der Waals surface area (Å²) >= 11 is 0. The van der Waals surface area contributed by atoms with Gasteiger partial charge < -0.3 is 0 Å². The van der Waals surface area contributed by atoms with Crippen molar-refractivity contribution in [2.24, 2.45) is 0 Å². The molecule has 0 bridgehead atoms. The fourth-order valence-electron chi connectivity index (χ4n) is 2.29. The van der Waals surface area contributed by atoms with E-state index in [1.807, 2.05) is 42.5 Å². The number of hydrogen-bond donors (Lipinski definition) is 0. The molecule has 3 aromatic carbocycles. The van der Waals surface area contributed by atoms with Crippen molar-refractivity contribution in [3.63, 3.8) is 0 Å². The molecule has 0 aliphatic rings. The zero-order chi connectivity index (χ0) is 13.8. The number of aryl methyl sites for hydroxylation is 1. The van der Waals surface area contributed by atoms with Crippen molar-refractivity contribution in [3.05, 3.63) is 78.4 Å². The SMILES string of the molecule is O=S(CCc1ccc2ccccc2c1)c1ccccc1. The number of rotatable bonds is 4. The van der Waals surface area contributed by atoms with Crippen LogP contribution in [0.4, 0.5) is 0 Å². The van der Waals surface area contributed by atoms with Crippen molar-refractivity contribution >= 4 is 21.6 Å². The molecule has 0 aliphatic carbocycles. The van der Waals surface area contributed by atoms with E-state index in [4.69, 9.17) is 0 Å². The molecule has 1 unspecified atom stereocenters. The van der Waals surface area contributed by atoms with Crippen LogP contribution in [0.2, 0.25) is 0 Å². The molecule has 3 aromatic rings. The maximum absolute atomic E-state index is 12.2. The summed E-state index contributed by atoms with van der Waals surface area (Å²) in [6.45, 7) is 0. The first-order valence-electron chi connectivity index (χ1n) is 6.74. The van der Waals surface area contributed by atoms with Crippen LogP contribution in [-0.2, 0) is 17.2 Å². The van der Waals surface area contributed by atoms with Gasteiger partial charge >= 0.3 is 0 Å². The lowest BCUT2D eigenvalue weighted by Gasteiger charge is -2.04. The van der Waals surface area contributed by atoms with Crippen LogP contribution in [0.1, 0.15) is 5.56 Å². The summed E-state index contributed by atoms with van der Waals surface area (Å²) in [4.78, 5) is 0.910. The summed E-state index contributed by atoms with van der Waals surface area (Å²) < 4.78 is 12.2. The molecule has 0 amide bonds. The van der Waals surface area contributed by atoms with Crippen LogP contribution >= 0.6 is 0 Å². The van der Waals surface area contributed by atoms with Crippen molar-refractivity contribution < 1.29 is 4.21 Å². The Morgan fingerprint density at radius 1 is 0.750 bits per heavy atom. The van der Waals surface area contributed by atoms with Crippen LogP contribution in [0.5, 0.6) is 0 Å². The molecule has 1 atom stereocenters. The molecule has 0 spiro atoms. The molecule has 2 heteroatoms. The summed E-state index contributed by atoms with van der Waals surface area (Å²) in [5.41, 5.74) is 1.24. The first-order chi connectivity index (χ1) is 9.83. The van der Waals surface area contributed by atoms with Crippen LogP contribution in [0, 0.1) is 0 Å². The molecule has 0 fully saturated rings. The highest BCUT2D eigenvalue weighted by molar-refractivity contribution is 7.85. The minimum absolute atomic E-state index is 0.669. The van der Waals surface area contributed by atoms with Gasteiger partial charge in [0.15, 0.2) is 0 Å². The van der Waals surface area contributed by atoms with E-state index in [1.165, 1.54) is 16.3 Å². The lowest BCUT2D eigenvalue weighted by molar-refractivity contribution is 0.682. The third-order valence-electron chi connectivity index (χ3n) is 3.40. The van der Waals surface area contributed by atoms with E-state index in [9.17, 15) is 4.21 Å². The van der Waals surface area contributed by atoms with E-state index in [0.29, 0.717) is 5.75 Å². The Morgan fingerprint density at radius 2 is 1.45 bits per heavy atom. The van der Waals surface area contributed by atoms with E-state index in [0.717, 1.165) is 11.3 Å².